The average molecular weight is 255 g/mol. The molecular weight excluding hydrogens is 234 g/mol. The molecule has 1 aromatic rings. The van der Waals surface area contributed by atoms with Crippen LogP contribution in [0.5, 0.6) is 0 Å². The minimum Gasteiger partial charge on any atom is -0.305 e. The van der Waals surface area contributed by atoms with Gasteiger partial charge in [0.05, 0.1) is 12.0 Å². The lowest BCUT2D eigenvalue weighted by Crippen LogP contribution is -2.48. The Kier molecular flexibility index (Phi) is 3.89. The van der Waals surface area contributed by atoms with E-state index < -0.39 is 0 Å². The molecular formula is C17H21NO. The number of benzene rings is 1. The zero-order chi connectivity index (χ0) is 14.0. The normalized spacial score (nSPS) is 23.3. The number of para-hydroxylation sites is 1. The van der Waals surface area contributed by atoms with E-state index in [1.165, 1.54) is 0 Å². The third-order valence-electron chi connectivity index (χ3n) is 3.77. The number of piperidine rings is 1. The Balaban J connectivity index is 2.39. The predicted molar refractivity (Wildman–Crippen MR) is 80.1 cm³/mol. The molecule has 1 saturated heterocycles. The van der Waals surface area contributed by atoms with E-state index >= 15 is 0 Å². The van der Waals surface area contributed by atoms with Crippen LogP contribution in [-0.4, -0.2) is 11.9 Å². The van der Waals surface area contributed by atoms with E-state index in [1.54, 1.807) is 0 Å². The lowest BCUT2D eigenvalue weighted by molar-refractivity contribution is -0.123. The number of carbonyl (C=O) groups excluding carboxylic acids is 1. The monoisotopic (exact) mass is 255 g/mol. The van der Waals surface area contributed by atoms with Crippen molar-refractivity contribution in [1.29, 1.82) is 0 Å². The van der Waals surface area contributed by atoms with Crippen LogP contribution in [0.1, 0.15) is 26.7 Å². The number of rotatable bonds is 3. The van der Waals surface area contributed by atoms with Crippen molar-refractivity contribution in [3.63, 3.8) is 0 Å². The summed E-state index contributed by atoms with van der Waals surface area (Å²) in [6, 6.07) is 9.95. The summed E-state index contributed by atoms with van der Waals surface area (Å²) in [5.41, 5.74) is 2.94. The molecule has 2 rings (SSSR count). The van der Waals surface area contributed by atoms with Gasteiger partial charge in [-0.1, -0.05) is 42.5 Å². The third kappa shape index (κ3) is 2.62. The van der Waals surface area contributed by atoms with Crippen LogP contribution >= 0.6 is 0 Å². The Hall–Kier alpha value is -1.83. The van der Waals surface area contributed by atoms with Crippen LogP contribution in [0.15, 0.2) is 54.6 Å². The highest BCUT2D eigenvalue weighted by Gasteiger charge is 2.36. The van der Waals surface area contributed by atoms with Crippen LogP contribution in [0.3, 0.4) is 0 Å². The van der Waals surface area contributed by atoms with E-state index in [-0.39, 0.29) is 17.9 Å². The molecule has 2 atom stereocenters. The van der Waals surface area contributed by atoms with Crippen molar-refractivity contribution in [3.05, 3.63) is 54.6 Å². The Bertz CT molecular complexity index is 503. The van der Waals surface area contributed by atoms with Crippen LogP contribution in [0.4, 0.5) is 5.69 Å². The molecule has 0 saturated carbocycles. The summed E-state index contributed by atoms with van der Waals surface area (Å²) in [6.45, 7) is 11.9. The van der Waals surface area contributed by atoms with Gasteiger partial charge in [-0.3, -0.25) is 4.79 Å². The highest BCUT2D eigenvalue weighted by Crippen LogP contribution is 2.34. The molecule has 100 valence electrons. The maximum Gasteiger partial charge on any atom is 0.234 e. The van der Waals surface area contributed by atoms with Gasteiger partial charge in [-0.2, -0.15) is 0 Å². The van der Waals surface area contributed by atoms with Gasteiger partial charge in [-0.05, 0) is 38.8 Å². The SMILES string of the molecule is C=C(C)[C@@H]1CC[C@@H](C(=C)C)N(c2ccccc2)C1=O. The van der Waals surface area contributed by atoms with E-state index in [2.05, 4.69) is 13.2 Å². The quantitative estimate of drug-likeness (QED) is 0.749. The lowest BCUT2D eigenvalue weighted by Gasteiger charge is -2.40. The van der Waals surface area contributed by atoms with Crippen molar-refractivity contribution in [3.8, 4) is 0 Å². The fourth-order valence-electron chi connectivity index (χ4n) is 2.72. The average Bonchev–Trinajstić information content (AvgIpc) is 2.38. The molecule has 0 spiro atoms. The third-order valence-corrected chi connectivity index (χ3v) is 3.77. The van der Waals surface area contributed by atoms with E-state index in [4.69, 9.17) is 0 Å². The Labute approximate surface area is 115 Å². The second-order valence-corrected chi connectivity index (χ2v) is 5.38. The van der Waals surface area contributed by atoms with Crippen molar-refractivity contribution in [2.75, 3.05) is 4.90 Å². The van der Waals surface area contributed by atoms with Crippen molar-refractivity contribution in [2.45, 2.75) is 32.7 Å². The summed E-state index contributed by atoms with van der Waals surface area (Å²) in [6.07, 6.45) is 1.82. The maximum absolute atomic E-state index is 12.7. The molecule has 0 unspecified atom stereocenters. The second kappa shape index (κ2) is 5.43. The Morgan fingerprint density at radius 3 is 2.26 bits per heavy atom. The zero-order valence-corrected chi connectivity index (χ0v) is 11.7. The summed E-state index contributed by atoms with van der Waals surface area (Å²) in [5.74, 6) is 0.0914. The first kappa shape index (κ1) is 13.6. The molecule has 0 N–H and O–H groups in total. The smallest absolute Gasteiger partial charge is 0.234 e. The first-order valence-corrected chi connectivity index (χ1v) is 6.71. The largest absolute Gasteiger partial charge is 0.305 e. The van der Waals surface area contributed by atoms with E-state index in [0.29, 0.717) is 0 Å². The molecule has 0 aromatic heterocycles. The Morgan fingerprint density at radius 2 is 1.74 bits per heavy atom. The summed E-state index contributed by atoms with van der Waals surface area (Å²) in [5, 5.41) is 0. The standard InChI is InChI=1S/C17H21NO/c1-12(2)15-10-11-16(13(3)4)18(17(15)19)14-8-6-5-7-9-14/h5-9,15-16H,1,3,10-11H2,2,4H3/t15-,16-/m0/s1. The summed E-state index contributed by atoms with van der Waals surface area (Å²) in [4.78, 5) is 14.6. The van der Waals surface area contributed by atoms with Gasteiger partial charge >= 0.3 is 0 Å². The summed E-state index contributed by atoms with van der Waals surface area (Å²) >= 11 is 0. The first-order valence-electron chi connectivity index (χ1n) is 6.71. The minimum atomic E-state index is -0.0594. The first-order chi connectivity index (χ1) is 9.02. The van der Waals surface area contributed by atoms with Crippen molar-refractivity contribution in [2.24, 2.45) is 5.92 Å². The molecule has 0 radical (unpaired) electrons. The second-order valence-electron chi connectivity index (χ2n) is 5.38. The maximum atomic E-state index is 12.7. The highest BCUT2D eigenvalue weighted by molar-refractivity contribution is 5.98. The van der Waals surface area contributed by atoms with Crippen molar-refractivity contribution < 1.29 is 4.79 Å². The summed E-state index contributed by atoms with van der Waals surface area (Å²) < 4.78 is 0. The number of carbonyl (C=O) groups is 1. The molecule has 2 heteroatoms. The molecule has 1 heterocycles. The topological polar surface area (TPSA) is 20.3 Å². The van der Waals surface area contributed by atoms with Crippen LogP contribution in [0.2, 0.25) is 0 Å². The molecule has 0 aliphatic carbocycles. The molecule has 1 aromatic carbocycles. The fourth-order valence-corrected chi connectivity index (χ4v) is 2.72. The number of hydrogen-bond donors (Lipinski definition) is 0. The molecule has 2 nitrogen and oxygen atoms in total. The van der Waals surface area contributed by atoms with Crippen LogP contribution in [0, 0.1) is 5.92 Å². The van der Waals surface area contributed by atoms with Gasteiger partial charge in [0.15, 0.2) is 0 Å². The minimum absolute atomic E-state index is 0.0594. The van der Waals surface area contributed by atoms with Gasteiger partial charge in [-0.25, -0.2) is 0 Å². The summed E-state index contributed by atoms with van der Waals surface area (Å²) in [7, 11) is 0. The van der Waals surface area contributed by atoms with Crippen LogP contribution in [-0.2, 0) is 4.79 Å². The number of hydrogen-bond acceptors (Lipinski definition) is 1. The van der Waals surface area contributed by atoms with Gasteiger partial charge < -0.3 is 4.90 Å². The number of nitrogens with zero attached hydrogens (tertiary/aromatic N) is 1. The molecule has 19 heavy (non-hydrogen) atoms. The molecule has 1 aliphatic rings. The molecule has 1 amide bonds. The number of amides is 1. The van der Waals surface area contributed by atoms with Crippen LogP contribution in [0.25, 0.3) is 0 Å². The predicted octanol–water partition coefficient (Wildman–Crippen LogP) is 3.95. The van der Waals surface area contributed by atoms with Gasteiger partial charge in [0, 0.05) is 5.69 Å². The number of anilines is 1. The van der Waals surface area contributed by atoms with Gasteiger partial charge in [-0.15, -0.1) is 0 Å². The van der Waals surface area contributed by atoms with Crippen LogP contribution < -0.4 is 4.90 Å². The van der Waals surface area contributed by atoms with E-state index in [1.807, 2.05) is 49.1 Å². The van der Waals surface area contributed by atoms with Crippen molar-refractivity contribution in [1.82, 2.24) is 0 Å². The molecule has 0 bridgehead atoms. The van der Waals surface area contributed by atoms with Crippen molar-refractivity contribution >= 4 is 11.6 Å². The lowest BCUT2D eigenvalue weighted by atomic mass is 9.85. The van der Waals surface area contributed by atoms with Gasteiger partial charge in [0.1, 0.15) is 0 Å². The van der Waals surface area contributed by atoms with E-state index in [9.17, 15) is 4.79 Å². The van der Waals surface area contributed by atoms with E-state index in [0.717, 1.165) is 29.7 Å². The fraction of sp³-hybridized carbons (Fsp3) is 0.353. The Morgan fingerprint density at radius 1 is 1.11 bits per heavy atom. The highest BCUT2D eigenvalue weighted by atomic mass is 16.2. The van der Waals surface area contributed by atoms with Gasteiger partial charge in [0.2, 0.25) is 5.91 Å². The molecule has 1 aliphatic heterocycles. The zero-order valence-electron chi connectivity index (χ0n) is 11.7. The van der Waals surface area contributed by atoms with Gasteiger partial charge in [0.25, 0.3) is 0 Å². The molecule has 1 fully saturated rings.